The van der Waals surface area contributed by atoms with Crippen LogP contribution in [0.5, 0.6) is 0 Å². The summed E-state index contributed by atoms with van der Waals surface area (Å²) >= 11 is 0. The minimum Gasteiger partial charge on any atom is -0.282 e. The lowest BCUT2D eigenvalue weighted by Crippen LogP contribution is -2.12. The third-order valence-electron chi connectivity index (χ3n) is 3.09. The highest BCUT2D eigenvalue weighted by atomic mass is 32.2. The fraction of sp³-hybridized carbons (Fsp3) is 0.143. The maximum atomic E-state index is 13.5. The van der Waals surface area contributed by atoms with Gasteiger partial charge < -0.3 is 0 Å². The summed E-state index contributed by atoms with van der Waals surface area (Å²) < 4.78 is 128. The van der Waals surface area contributed by atoms with Crippen molar-refractivity contribution < 1.29 is 56.4 Å². The van der Waals surface area contributed by atoms with Crippen molar-refractivity contribution in [1.29, 1.82) is 0 Å². The SMILES string of the molecule is O=[PH](OCOS(=O)(=O)c1cc(F)ccc1F)OCOS(=O)(=O)c1cc(F)ccc1F. The standard InChI is InChI=1S/C14H11F4O9PS2/c15-9-1-3-11(17)13(5-9)29(20,21)26-7-24-28(19)25-8-27-30(22,23)14-6-10(16)2-4-12(14)18/h1-6,28H,7-8H2. The van der Waals surface area contributed by atoms with Crippen molar-refractivity contribution in [2.45, 2.75) is 9.79 Å². The number of halogens is 4. The average molecular weight is 494 g/mol. The Bertz CT molecular complexity index is 1070. The van der Waals surface area contributed by atoms with Crippen LogP contribution in [0.3, 0.4) is 0 Å². The molecule has 30 heavy (non-hydrogen) atoms. The lowest BCUT2D eigenvalue weighted by Gasteiger charge is -2.09. The van der Waals surface area contributed by atoms with Gasteiger partial charge >= 0.3 is 28.5 Å². The van der Waals surface area contributed by atoms with Gasteiger partial charge in [-0.1, -0.05) is 0 Å². The third kappa shape index (κ3) is 6.57. The van der Waals surface area contributed by atoms with Crippen molar-refractivity contribution in [2.75, 3.05) is 13.6 Å². The number of rotatable bonds is 10. The molecule has 0 atom stereocenters. The summed E-state index contributed by atoms with van der Waals surface area (Å²) in [6.07, 6.45) is 0. The molecule has 0 N–H and O–H groups in total. The summed E-state index contributed by atoms with van der Waals surface area (Å²) in [7, 11) is -13.2. The van der Waals surface area contributed by atoms with Crippen LogP contribution < -0.4 is 0 Å². The van der Waals surface area contributed by atoms with Gasteiger partial charge in [-0.3, -0.25) is 13.6 Å². The summed E-state index contributed by atoms with van der Waals surface area (Å²) in [5.41, 5.74) is 0. The Morgan fingerprint density at radius 1 is 0.700 bits per heavy atom. The van der Waals surface area contributed by atoms with Crippen LogP contribution in [0.15, 0.2) is 46.2 Å². The minimum atomic E-state index is -4.82. The first-order chi connectivity index (χ1) is 13.9. The van der Waals surface area contributed by atoms with Gasteiger partial charge in [0, 0.05) is 0 Å². The number of hydrogen-bond donors (Lipinski definition) is 0. The Kier molecular flexibility index (Phi) is 8.10. The van der Waals surface area contributed by atoms with Gasteiger partial charge in [-0.25, -0.2) is 25.9 Å². The Morgan fingerprint density at radius 2 is 1.07 bits per heavy atom. The molecule has 0 aliphatic rings. The first kappa shape index (κ1) is 24.4. The zero-order valence-corrected chi connectivity index (χ0v) is 17.0. The Hall–Kier alpha value is -1.87. The second-order valence-corrected chi connectivity index (χ2v) is 9.31. The van der Waals surface area contributed by atoms with E-state index in [0.29, 0.717) is 36.4 Å². The molecule has 166 valence electrons. The van der Waals surface area contributed by atoms with Gasteiger partial charge in [-0.15, -0.1) is 0 Å². The number of benzene rings is 2. The summed E-state index contributed by atoms with van der Waals surface area (Å²) in [5, 5.41) is 0. The molecule has 0 spiro atoms. The highest BCUT2D eigenvalue weighted by molar-refractivity contribution is 7.87. The van der Waals surface area contributed by atoms with E-state index in [0.717, 1.165) is 0 Å². The summed E-state index contributed by atoms with van der Waals surface area (Å²) in [6, 6.07) is 3.10. The van der Waals surface area contributed by atoms with Crippen molar-refractivity contribution in [3.63, 3.8) is 0 Å². The third-order valence-corrected chi connectivity index (χ3v) is 6.31. The van der Waals surface area contributed by atoms with E-state index in [1.54, 1.807) is 0 Å². The van der Waals surface area contributed by atoms with Gasteiger partial charge in [-0.2, -0.15) is 16.8 Å². The van der Waals surface area contributed by atoms with E-state index in [9.17, 15) is 39.0 Å². The molecule has 0 fully saturated rings. The monoisotopic (exact) mass is 494 g/mol. The van der Waals surface area contributed by atoms with Crippen LogP contribution in [0, 0.1) is 23.3 Å². The first-order valence-corrected chi connectivity index (χ1v) is 11.4. The van der Waals surface area contributed by atoms with Gasteiger partial charge in [0.2, 0.25) is 0 Å². The van der Waals surface area contributed by atoms with E-state index in [1.165, 1.54) is 0 Å². The van der Waals surface area contributed by atoms with Crippen LogP contribution in [0.2, 0.25) is 0 Å². The molecule has 2 aromatic rings. The molecule has 16 heteroatoms. The first-order valence-electron chi connectivity index (χ1n) is 7.41. The molecule has 2 rings (SSSR count). The lowest BCUT2D eigenvalue weighted by atomic mass is 10.3. The predicted molar refractivity (Wildman–Crippen MR) is 90.2 cm³/mol. The van der Waals surface area contributed by atoms with E-state index in [4.69, 9.17) is 0 Å². The maximum absolute atomic E-state index is 13.5. The van der Waals surface area contributed by atoms with Crippen molar-refractivity contribution in [2.24, 2.45) is 0 Å². The van der Waals surface area contributed by atoms with E-state index in [-0.39, 0.29) is 0 Å². The molecule has 0 aromatic heterocycles. The fourth-order valence-corrected chi connectivity index (χ4v) is 4.07. The topological polar surface area (TPSA) is 122 Å². The highest BCUT2D eigenvalue weighted by Gasteiger charge is 2.23. The van der Waals surface area contributed by atoms with E-state index >= 15 is 0 Å². The van der Waals surface area contributed by atoms with Gasteiger partial charge in [-0.05, 0) is 36.4 Å². The molecular formula is C14H11F4O9PS2. The summed E-state index contributed by atoms with van der Waals surface area (Å²) in [5.74, 6) is -4.76. The van der Waals surface area contributed by atoms with Crippen LogP contribution in [0.4, 0.5) is 17.6 Å². The van der Waals surface area contributed by atoms with Gasteiger partial charge in [0.05, 0.1) is 0 Å². The normalized spacial score (nSPS) is 12.4. The van der Waals surface area contributed by atoms with Crippen LogP contribution in [-0.4, -0.2) is 30.4 Å². The van der Waals surface area contributed by atoms with Crippen molar-refractivity contribution in [3.8, 4) is 0 Å². The van der Waals surface area contributed by atoms with Crippen LogP contribution in [0.25, 0.3) is 0 Å². The highest BCUT2D eigenvalue weighted by Crippen LogP contribution is 2.26. The molecule has 0 aliphatic carbocycles. The molecule has 0 unspecified atom stereocenters. The van der Waals surface area contributed by atoms with Crippen LogP contribution in [0.1, 0.15) is 0 Å². The molecular weight excluding hydrogens is 483 g/mol. The lowest BCUT2D eigenvalue weighted by molar-refractivity contribution is 0.0751. The molecule has 9 nitrogen and oxygen atoms in total. The second-order valence-electron chi connectivity index (χ2n) is 5.07. The van der Waals surface area contributed by atoms with Gasteiger partial charge in [0.15, 0.2) is 13.6 Å². The Labute approximate surface area is 168 Å². The fourth-order valence-electron chi connectivity index (χ4n) is 1.78. The molecule has 2 aromatic carbocycles. The smallest absolute Gasteiger partial charge is 0.282 e. The van der Waals surface area contributed by atoms with Gasteiger partial charge in [0.1, 0.15) is 33.1 Å². The predicted octanol–water partition coefficient (Wildman–Crippen LogP) is 2.69. The van der Waals surface area contributed by atoms with Crippen LogP contribution >= 0.6 is 8.25 Å². The maximum Gasteiger partial charge on any atom is 0.323 e. The molecule has 0 aliphatic heterocycles. The number of hydrogen-bond acceptors (Lipinski definition) is 9. The molecule has 0 radical (unpaired) electrons. The quantitative estimate of drug-likeness (QED) is 0.212. The second kappa shape index (κ2) is 9.96. The zero-order chi connectivity index (χ0) is 22.5. The minimum absolute atomic E-state index is 0.342. The van der Waals surface area contributed by atoms with E-state index in [2.05, 4.69) is 17.4 Å². The van der Waals surface area contributed by atoms with Crippen molar-refractivity contribution in [1.82, 2.24) is 0 Å². The molecule has 0 saturated heterocycles. The summed E-state index contributed by atoms with van der Waals surface area (Å²) in [4.78, 5) is -2.28. The molecule has 0 bridgehead atoms. The largest absolute Gasteiger partial charge is 0.323 e. The molecule has 0 saturated carbocycles. The van der Waals surface area contributed by atoms with E-state index in [1.807, 2.05) is 0 Å². The Balaban J connectivity index is 1.85. The van der Waals surface area contributed by atoms with E-state index < -0.39 is 75.1 Å². The van der Waals surface area contributed by atoms with Gasteiger partial charge in [0.25, 0.3) is 0 Å². The molecule has 0 amide bonds. The van der Waals surface area contributed by atoms with Crippen molar-refractivity contribution in [3.05, 3.63) is 59.7 Å². The van der Waals surface area contributed by atoms with Crippen molar-refractivity contribution >= 4 is 28.5 Å². The Morgan fingerprint density at radius 3 is 1.43 bits per heavy atom. The molecule has 0 heterocycles. The van der Waals surface area contributed by atoms with Crippen LogP contribution in [-0.2, 0) is 42.2 Å². The average Bonchev–Trinajstić information content (AvgIpc) is 2.65. The zero-order valence-electron chi connectivity index (χ0n) is 14.4. The summed E-state index contributed by atoms with van der Waals surface area (Å²) in [6.45, 7) is -2.53.